The average Bonchev–Trinajstić information content (AvgIpc) is 1.97. The summed E-state index contributed by atoms with van der Waals surface area (Å²) in [6.07, 6.45) is 7.52. The first-order valence-corrected chi connectivity index (χ1v) is 5.04. The first-order valence-electron chi connectivity index (χ1n) is 4.22. The van der Waals surface area contributed by atoms with Gasteiger partial charge in [-0.15, -0.1) is 5.28 Å². The van der Waals surface area contributed by atoms with E-state index in [9.17, 15) is 0 Å². The maximum atomic E-state index is 8.47. The molecule has 0 unspecified atom stereocenters. The Hall–Kier alpha value is 0.492. The second-order valence-corrected chi connectivity index (χ2v) is 3.21. The monoisotopic (exact) mass is 156 g/mol. The van der Waals surface area contributed by atoms with Crippen LogP contribution < -0.4 is 0 Å². The van der Waals surface area contributed by atoms with Crippen molar-refractivity contribution in [2.45, 2.75) is 43.8 Å². The van der Waals surface area contributed by atoms with E-state index in [1.54, 1.807) is 0 Å². The Morgan fingerprint density at radius 1 is 0.800 bits per heavy atom. The van der Waals surface area contributed by atoms with E-state index in [1.165, 1.54) is 37.4 Å². The molecular formula is C8H17AlO. The molecule has 2 radical (unpaired) electrons. The molecule has 10 heavy (non-hydrogen) atoms. The van der Waals surface area contributed by atoms with Crippen molar-refractivity contribution in [3.05, 3.63) is 0 Å². The summed E-state index contributed by atoms with van der Waals surface area (Å²) < 4.78 is 0. The Labute approximate surface area is 72.2 Å². The lowest BCUT2D eigenvalue weighted by Gasteiger charge is -1.97. The molecule has 1 N–H and O–H groups in total. The molecule has 0 aliphatic rings. The molecule has 0 saturated heterocycles. The zero-order valence-corrected chi connectivity index (χ0v) is 7.84. The van der Waals surface area contributed by atoms with Crippen molar-refractivity contribution in [3.8, 4) is 0 Å². The highest BCUT2D eigenvalue weighted by atomic mass is 27.0. The van der Waals surface area contributed by atoms with Crippen molar-refractivity contribution in [2.24, 2.45) is 0 Å². The zero-order valence-electron chi connectivity index (χ0n) is 6.68. The maximum absolute atomic E-state index is 8.47. The van der Waals surface area contributed by atoms with Crippen LogP contribution in [0.3, 0.4) is 0 Å². The summed E-state index contributed by atoms with van der Waals surface area (Å²) in [4.78, 5) is 0. The number of aliphatic hydroxyl groups excluding tert-OH is 1. The Bertz CT molecular complexity index is 49.2. The van der Waals surface area contributed by atoms with E-state index in [-0.39, 0.29) is 0 Å². The van der Waals surface area contributed by atoms with Gasteiger partial charge >= 0.3 is 0 Å². The van der Waals surface area contributed by atoms with Gasteiger partial charge in [0.25, 0.3) is 0 Å². The van der Waals surface area contributed by atoms with Crippen LogP contribution in [0.25, 0.3) is 0 Å². The van der Waals surface area contributed by atoms with Gasteiger partial charge < -0.3 is 5.11 Å². The summed E-state index contributed by atoms with van der Waals surface area (Å²) in [6, 6.07) is 0. The third-order valence-electron chi connectivity index (χ3n) is 1.61. The summed E-state index contributed by atoms with van der Waals surface area (Å²) in [6.45, 7) is 0.365. The molecule has 0 heterocycles. The molecule has 1 nitrogen and oxygen atoms in total. The van der Waals surface area contributed by atoms with Gasteiger partial charge in [0.1, 0.15) is 16.3 Å². The zero-order chi connectivity index (χ0) is 7.66. The lowest BCUT2D eigenvalue weighted by molar-refractivity contribution is 0.282. The van der Waals surface area contributed by atoms with Crippen LogP contribution in [0.1, 0.15) is 38.5 Å². The highest BCUT2D eigenvalue weighted by molar-refractivity contribution is 6.08. The van der Waals surface area contributed by atoms with E-state index in [1.807, 2.05) is 0 Å². The predicted molar refractivity (Wildman–Crippen MR) is 45.3 cm³/mol. The van der Waals surface area contributed by atoms with E-state index >= 15 is 0 Å². The first kappa shape index (κ1) is 10.5. The number of rotatable bonds is 7. The van der Waals surface area contributed by atoms with E-state index in [4.69, 9.17) is 5.11 Å². The molecule has 0 aromatic heterocycles. The van der Waals surface area contributed by atoms with Crippen molar-refractivity contribution in [2.75, 3.05) is 6.61 Å². The molecule has 0 aromatic rings. The first-order chi connectivity index (χ1) is 4.91. The summed E-state index contributed by atoms with van der Waals surface area (Å²) in [5.41, 5.74) is 0. The van der Waals surface area contributed by atoms with Crippen molar-refractivity contribution in [3.63, 3.8) is 0 Å². The maximum Gasteiger partial charge on any atom is 0.118 e. The summed E-state index contributed by atoms with van der Waals surface area (Å²) in [7, 11) is 0. The van der Waals surface area contributed by atoms with Gasteiger partial charge in [-0.05, 0) is 6.42 Å². The van der Waals surface area contributed by atoms with Crippen LogP contribution in [0, 0.1) is 0 Å². The SMILES string of the molecule is OCCCCCCC[CH2][Al]. The summed E-state index contributed by atoms with van der Waals surface area (Å²) in [5, 5.41) is 9.70. The van der Waals surface area contributed by atoms with Crippen LogP contribution >= 0.6 is 0 Å². The molecule has 0 atom stereocenters. The molecule has 0 saturated carbocycles. The van der Waals surface area contributed by atoms with Crippen LogP contribution in [0.2, 0.25) is 5.28 Å². The van der Waals surface area contributed by atoms with Crippen molar-refractivity contribution in [1.82, 2.24) is 0 Å². The molecule has 0 aliphatic heterocycles. The minimum atomic E-state index is 0.365. The van der Waals surface area contributed by atoms with Gasteiger partial charge in [-0.3, -0.25) is 0 Å². The van der Waals surface area contributed by atoms with Gasteiger partial charge in [-0.1, -0.05) is 32.1 Å². The van der Waals surface area contributed by atoms with Gasteiger partial charge in [-0.2, -0.15) is 0 Å². The molecule has 0 rings (SSSR count). The molecule has 0 bridgehead atoms. The fourth-order valence-corrected chi connectivity index (χ4v) is 1.25. The molecule has 0 fully saturated rings. The molecule has 0 aliphatic carbocycles. The molecular weight excluding hydrogens is 139 g/mol. The van der Waals surface area contributed by atoms with Crippen molar-refractivity contribution < 1.29 is 5.11 Å². The van der Waals surface area contributed by atoms with E-state index in [2.05, 4.69) is 16.3 Å². The standard InChI is InChI=1S/C8H17O.Al/c1-2-3-4-5-6-7-8-9;/h9H,1-8H2;. The molecule has 0 spiro atoms. The molecule has 0 aromatic carbocycles. The van der Waals surface area contributed by atoms with Crippen molar-refractivity contribution in [1.29, 1.82) is 0 Å². The third-order valence-corrected chi connectivity index (χ3v) is 2.02. The van der Waals surface area contributed by atoms with Gasteiger partial charge in [0.15, 0.2) is 0 Å². The van der Waals surface area contributed by atoms with E-state index in [0.29, 0.717) is 6.61 Å². The van der Waals surface area contributed by atoms with Crippen LogP contribution in [-0.4, -0.2) is 28.0 Å². The number of aliphatic hydroxyl groups is 1. The van der Waals surface area contributed by atoms with E-state index in [0.717, 1.165) is 6.42 Å². The normalized spacial score (nSPS) is 10.1. The van der Waals surface area contributed by atoms with Gasteiger partial charge in [0.05, 0.1) is 0 Å². The summed E-state index contributed by atoms with van der Waals surface area (Å²) in [5.74, 6) is 0. The quantitative estimate of drug-likeness (QED) is 0.441. The van der Waals surface area contributed by atoms with Gasteiger partial charge in [0, 0.05) is 6.61 Å². The van der Waals surface area contributed by atoms with Crippen LogP contribution in [0.5, 0.6) is 0 Å². The number of hydrogen-bond donors (Lipinski definition) is 1. The van der Waals surface area contributed by atoms with Gasteiger partial charge in [0.2, 0.25) is 0 Å². The Morgan fingerprint density at radius 3 is 1.80 bits per heavy atom. The highest BCUT2D eigenvalue weighted by Crippen LogP contribution is 2.05. The smallest absolute Gasteiger partial charge is 0.118 e. The third kappa shape index (κ3) is 8.49. The molecule has 0 amide bonds. The fourth-order valence-electron chi connectivity index (χ4n) is 0.963. The van der Waals surface area contributed by atoms with Crippen molar-refractivity contribution >= 4 is 16.3 Å². The average molecular weight is 156 g/mol. The molecule has 58 valence electrons. The van der Waals surface area contributed by atoms with Crippen LogP contribution in [-0.2, 0) is 0 Å². The van der Waals surface area contributed by atoms with Crippen LogP contribution in [0.15, 0.2) is 0 Å². The lowest BCUT2D eigenvalue weighted by atomic mass is 10.1. The molecule has 2 heteroatoms. The number of hydrogen-bond acceptors (Lipinski definition) is 1. The second kappa shape index (κ2) is 9.49. The lowest BCUT2D eigenvalue weighted by Crippen LogP contribution is -1.83. The minimum Gasteiger partial charge on any atom is -0.396 e. The second-order valence-electron chi connectivity index (χ2n) is 2.63. The predicted octanol–water partition coefficient (Wildman–Crippen LogP) is 1.91. The van der Waals surface area contributed by atoms with Gasteiger partial charge in [-0.25, -0.2) is 0 Å². The Morgan fingerprint density at radius 2 is 1.30 bits per heavy atom. The topological polar surface area (TPSA) is 20.2 Å². The highest BCUT2D eigenvalue weighted by Gasteiger charge is 1.87. The fraction of sp³-hybridized carbons (Fsp3) is 1.00. The number of unbranched alkanes of at least 4 members (excludes halogenated alkanes) is 5. The minimum absolute atomic E-state index is 0.365. The van der Waals surface area contributed by atoms with E-state index < -0.39 is 0 Å². The Kier molecular flexibility index (Phi) is 9.96. The largest absolute Gasteiger partial charge is 0.396 e. The Balaban J connectivity index is 2.65. The summed E-state index contributed by atoms with van der Waals surface area (Å²) >= 11 is 2.75. The van der Waals surface area contributed by atoms with Crippen LogP contribution in [0.4, 0.5) is 0 Å².